The Morgan fingerprint density at radius 2 is 2.44 bits per heavy atom. The molecule has 90 valence electrons. The molecule has 5 heteroatoms. The molecule has 2 unspecified atom stereocenters. The zero-order valence-electron chi connectivity index (χ0n) is 10.0. The molecule has 0 amide bonds. The monoisotopic (exact) mass is 240 g/mol. The van der Waals surface area contributed by atoms with Gasteiger partial charge in [-0.25, -0.2) is 0 Å². The van der Waals surface area contributed by atoms with Gasteiger partial charge in [0, 0.05) is 18.3 Å². The summed E-state index contributed by atoms with van der Waals surface area (Å²) in [7, 11) is 1.99. The fraction of sp³-hybridized carbons (Fsp3) is 0.818. The minimum Gasteiger partial charge on any atom is -0.320 e. The van der Waals surface area contributed by atoms with Crippen LogP contribution in [0.25, 0.3) is 0 Å². The summed E-state index contributed by atoms with van der Waals surface area (Å²) in [4.78, 5) is 0. The maximum Gasteiger partial charge on any atom is 0.146 e. The molecule has 0 spiro atoms. The Bertz CT molecular complexity index is 326. The number of aromatic nitrogens is 3. The number of nitrogens with one attached hydrogen (secondary N) is 1. The molecule has 1 saturated carbocycles. The van der Waals surface area contributed by atoms with Crippen LogP contribution < -0.4 is 5.32 Å². The van der Waals surface area contributed by atoms with Gasteiger partial charge in [0.25, 0.3) is 0 Å². The van der Waals surface area contributed by atoms with E-state index in [9.17, 15) is 0 Å². The predicted octanol–water partition coefficient (Wildman–Crippen LogP) is 1.58. The smallest absolute Gasteiger partial charge is 0.146 e. The summed E-state index contributed by atoms with van der Waals surface area (Å²) >= 11 is 2.10. The molecular weight excluding hydrogens is 220 g/mol. The molecule has 1 fully saturated rings. The van der Waals surface area contributed by atoms with Crippen molar-refractivity contribution in [3.63, 3.8) is 0 Å². The van der Waals surface area contributed by atoms with Crippen molar-refractivity contribution < 1.29 is 0 Å². The Kier molecular flexibility index (Phi) is 4.23. The minimum absolute atomic E-state index is 0.667. The first kappa shape index (κ1) is 11.9. The maximum atomic E-state index is 4.08. The molecule has 1 aliphatic carbocycles. The third kappa shape index (κ3) is 2.98. The third-order valence-corrected chi connectivity index (χ3v) is 4.37. The lowest BCUT2D eigenvalue weighted by Crippen LogP contribution is -2.27. The molecule has 16 heavy (non-hydrogen) atoms. The molecule has 1 heterocycles. The lowest BCUT2D eigenvalue weighted by molar-refractivity contribution is 0.507. The van der Waals surface area contributed by atoms with Crippen LogP contribution in [0.3, 0.4) is 0 Å². The first-order valence-corrected chi connectivity index (χ1v) is 7.02. The van der Waals surface area contributed by atoms with Gasteiger partial charge in [0.15, 0.2) is 0 Å². The summed E-state index contributed by atoms with van der Waals surface area (Å²) < 4.78 is 1.97. The van der Waals surface area contributed by atoms with Gasteiger partial charge in [-0.2, -0.15) is 11.8 Å². The molecule has 2 atom stereocenters. The second-order valence-corrected chi connectivity index (χ2v) is 5.90. The van der Waals surface area contributed by atoms with E-state index in [1.54, 1.807) is 6.33 Å². The van der Waals surface area contributed by atoms with E-state index in [0.29, 0.717) is 6.04 Å². The summed E-state index contributed by atoms with van der Waals surface area (Å²) in [6.45, 7) is 3.08. The fourth-order valence-electron chi connectivity index (χ4n) is 2.22. The largest absolute Gasteiger partial charge is 0.320 e. The zero-order valence-corrected chi connectivity index (χ0v) is 10.8. The second kappa shape index (κ2) is 5.68. The van der Waals surface area contributed by atoms with Gasteiger partial charge in [-0.3, -0.25) is 0 Å². The van der Waals surface area contributed by atoms with Crippen LogP contribution in [-0.2, 0) is 13.6 Å². The van der Waals surface area contributed by atoms with Crippen molar-refractivity contribution in [1.29, 1.82) is 0 Å². The van der Waals surface area contributed by atoms with Gasteiger partial charge in [-0.05, 0) is 25.0 Å². The van der Waals surface area contributed by atoms with Crippen LogP contribution >= 0.6 is 11.8 Å². The Labute approximate surface area is 101 Å². The van der Waals surface area contributed by atoms with Crippen molar-refractivity contribution >= 4 is 11.8 Å². The Balaban J connectivity index is 1.74. The molecule has 1 aliphatic rings. The van der Waals surface area contributed by atoms with Gasteiger partial charge in [0.2, 0.25) is 0 Å². The van der Waals surface area contributed by atoms with Crippen LogP contribution in [0.15, 0.2) is 6.33 Å². The standard InChI is InChI=1S/C11H20N4S/c1-3-16-10-5-4-9(6-10)12-7-11-14-13-8-15(11)2/h8-10,12H,3-7H2,1-2H3. The van der Waals surface area contributed by atoms with Gasteiger partial charge in [-0.15, -0.1) is 10.2 Å². The molecule has 1 N–H and O–H groups in total. The fourth-order valence-corrected chi connectivity index (χ4v) is 3.36. The van der Waals surface area contributed by atoms with E-state index < -0.39 is 0 Å². The highest BCUT2D eigenvalue weighted by molar-refractivity contribution is 7.99. The minimum atomic E-state index is 0.667. The van der Waals surface area contributed by atoms with Crippen molar-refractivity contribution in [2.24, 2.45) is 7.05 Å². The second-order valence-electron chi connectivity index (χ2n) is 4.33. The van der Waals surface area contributed by atoms with Gasteiger partial charge in [0.05, 0.1) is 6.54 Å². The Morgan fingerprint density at radius 3 is 3.12 bits per heavy atom. The summed E-state index contributed by atoms with van der Waals surface area (Å²) in [5.74, 6) is 2.26. The van der Waals surface area contributed by atoms with Crippen molar-refractivity contribution in [3.05, 3.63) is 12.2 Å². The van der Waals surface area contributed by atoms with Crippen molar-refractivity contribution in [2.45, 2.75) is 44.0 Å². The van der Waals surface area contributed by atoms with Crippen molar-refractivity contribution in [1.82, 2.24) is 20.1 Å². The van der Waals surface area contributed by atoms with Crippen LogP contribution in [0.2, 0.25) is 0 Å². The Morgan fingerprint density at radius 1 is 1.56 bits per heavy atom. The van der Waals surface area contributed by atoms with Crippen LogP contribution in [-0.4, -0.2) is 31.8 Å². The lowest BCUT2D eigenvalue weighted by Gasteiger charge is -2.12. The first-order valence-electron chi connectivity index (χ1n) is 5.97. The van der Waals surface area contributed by atoms with Crippen molar-refractivity contribution in [2.75, 3.05) is 5.75 Å². The maximum absolute atomic E-state index is 4.08. The normalized spacial score (nSPS) is 25.1. The number of hydrogen-bond donors (Lipinski definition) is 1. The SMILES string of the molecule is CCSC1CCC(NCc2nncn2C)C1. The third-order valence-electron chi connectivity index (χ3n) is 3.14. The van der Waals surface area contributed by atoms with E-state index in [1.807, 2.05) is 11.6 Å². The molecule has 2 rings (SSSR count). The highest BCUT2D eigenvalue weighted by Crippen LogP contribution is 2.29. The van der Waals surface area contributed by atoms with E-state index in [4.69, 9.17) is 0 Å². The molecule has 0 aromatic carbocycles. The van der Waals surface area contributed by atoms with E-state index >= 15 is 0 Å². The average Bonchev–Trinajstić information content (AvgIpc) is 2.86. The summed E-state index contributed by atoms with van der Waals surface area (Å²) in [6, 6.07) is 0.667. The molecule has 1 aromatic heterocycles. The van der Waals surface area contributed by atoms with Gasteiger partial charge < -0.3 is 9.88 Å². The molecule has 4 nitrogen and oxygen atoms in total. The average molecular weight is 240 g/mol. The summed E-state index contributed by atoms with van der Waals surface area (Å²) in [5, 5.41) is 12.4. The number of aryl methyl sites for hydroxylation is 1. The van der Waals surface area contributed by atoms with Crippen LogP contribution in [0.1, 0.15) is 32.0 Å². The highest BCUT2D eigenvalue weighted by atomic mass is 32.2. The quantitative estimate of drug-likeness (QED) is 0.848. The molecular formula is C11H20N4S. The van der Waals surface area contributed by atoms with Crippen molar-refractivity contribution in [3.8, 4) is 0 Å². The zero-order chi connectivity index (χ0) is 11.4. The van der Waals surface area contributed by atoms with E-state index in [2.05, 4.69) is 34.2 Å². The van der Waals surface area contributed by atoms with Gasteiger partial charge >= 0.3 is 0 Å². The first-order chi connectivity index (χ1) is 7.79. The van der Waals surface area contributed by atoms with Crippen LogP contribution in [0, 0.1) is 0 Å². The lowest BCUT2D eigenvalue weighted by atomic mass is 10.2. The van der Waals surface area contributed by atoms with E-state index in [0.717, 1.165) is 17.6 Å². The number of thioether (sulfide) groups is 1. The van der Waals surface area contributed by atoms with E-state index in [-0.39, 0.29) is 0 Å². The van der Waals surface area contributed by atoms with Crippen LogP contribution in [0.5, 0.6) is 0 Å². The van der Waals surface area contributed by atoms with Crippen LogP contribution in [0.4, 0.5) is 0 Å². The molecule has 0 bridgehead atoms. The molecule has 0 aliphatic heterocycles. The number of hydrogen-bond acceptors (Lipinski definition) is 4. The van der Waals surface area contributed by atoms with Gasteiger partial charge in [0.1, 0.15) is 12.2 Å². The number of rotatable bonds is 5. The Hall–Kier alpha value is -0.550. The number of nitrogens with zero attached hydrogens (tertiary/aromatic N) is 3. The molecule has 0 saturated heterocycles. The van der Waals surface area contributed by atoms with E-state index in [1.165, 1.54) is 25.0 Å². The molecule has 1 aromatic rings. The van der Waals surface area contributed by atoms with Gasteiger partial charge in [-0.1, -0.05) is 6.92 Å². The topological polar surface area (TPSA) is 42.7 Å². The highest BCUT2D eigenvalue weighted by Gasteiger charge is 2.24. The summed E-state index contributed by atoms with van der Waals surface area (Å²) in [5.41, 5.74) is 0. The predicted molar refractivity (Wildman–Crippen MR) is 67.4 cm³/mol. The molecule has 0 radical (unpaired) electrons. The summed E-state index contributed by atoms with van der Waals surface area (Å²) in [6.07, 6.45) is 5.71.